The standard InChI is InChI=1S/C16H24F2N2O/c1-4-19-14(12-6-5-7-13(17)15(12)18)10-20-8-9-21-16(2,3)11-20/h5-7,14,19H,4,8-11H2,1-3H3. The van der Waals surface area contributed by atoms with E-state index < -0.39 is 11.6 Å². The Kier molecular flexibility index (Phi) is 5.30. The summed E-state index contributed by atoms with van der Waals surface area (Å²) in [6.07, 6.45) is 0. The van der Waals surface area contributed by atoms with Crippen molar-refractivity contribution in [2.24, 2.45) is 0 Å². The molecule has 0 aromatic heterocycles. The van der Waals surface area contributed by atoms with Crippen molar-refractivity contribution in [3.05, 3.63) is 35.4 Å². The summed E-state index contributed by atoms with van der Waals surface area (Å²) in [5.74, 6) is -1.55. The van der Waals surface area contributed by atoms with Gasteiger partial charge in [-0.2, -0.15) is 0 Å². The number of hydrogen-bond acceptors (Lipinski definition) is 3. The summed E-state index contributed by atoms with van der Waals surface area (Å²) in [7, 11) is 0. The number of nitrogens with zero attached hydrogens (tertiary/aromatic N) is 1. The highest BCUT2D eigenvalue weighted by Gasteiger charge is 2.29. The first-order valence-corrected chi connectivity index (χ1v) is 7.46. The van der Waals surface area contributed by atoms with Crippen LogP contribution in [0, 0.1) is 11.6 Å². The highest BCUT2D eigenvalue weighted by molar-refractivity contribution is 5.23. The lowest BCUT2D eigenvalue weighted by Gasteiger charge is -2.39. The number of benzene rings is 1. The third-order valence-corrected chi connectivity index (χ3v) is 3.75. The molecule has 1 aliphatic rings. The molecule has 1 aliphatic heterocycles. The molecule has 1 saturated heterocycles. The van der Waals surface area contributed by atoms with Gasteiger partial charge >= 0.3 is 0 Å². The molecule has 5 heteroatoms. The molecule has 118 valence electrons. The smallest absolute Gasteiger partial charge is 0.163 e. The van der Waals surface area contributed by atoms with Crippen molar-refractivity contribution in [2.45, 2.75) is 32.4 Å². The summed E-state index contributed by atoms with van der Waals surface area (Å²) < 4.78 is 33.2. The molecular formula is C16H24F2N2O. The van der Waals surface area contributed by atoms with E-state index in [1.165, 1.54) is 0 Å². The van der Waals surface area contributed by atoms with Gasteiger partial charge in [-0.05, 0) is 26.5 Å². The molecule has 1 aromatic rings. The first-order chi connectivity index (χ1) is 9.93. The normalized spacial score (nSPS) is 20.4. The van der Waals surface area contributed by atoms with Crippen LogP contribution in [0.5, 0.6) is 0 Å². The van der Waals surface area contributed by atoms with Crippen LogP contribution in [0.3, 0.4) is 0 Å². The van der Waals surface area contributed by atoms with Gasteiger partial charge in [0.2, 0.25) is 0 Å². The second-order valence-corrected chi connectivity index (χ2v) is 6.10. The lowest BCUT2D eigenvalue weighted by atomic mass is 10.0. The second kappa shape index (κ2) is 6.81. The van der Waals surface area contributed by atoms with Crippen molar-refractivity contribution in [2.75, 3.05) is 32.8 Å². The molecule has 0 aliphatic carbocycles. The third-order valence-electron chi connectivity index (χ3n) is 3.75. The Hall–Kier alpha value is -1.04. The zero-order valence-electron chi connectivity index (χ0n) is 13.0. The van der Waals surface area contributed by atoms with Crippen LogP contribution >= 0.6 is 0 Å². The molecule has 1 N–H and O–H groups in total. The first kappa shape index (κ1) is 16.3. The van der Waals surface area contributed by atoms with Gasteiger partial charge in [-0.25, -0.2) is 8.78 Å². The van der Waals surface area contributed by atoms with Gasteiger partial charge in [0.05, 0.1) is 12.2 Å². The molecule has 1 unspecified atom stereocenters. The molecule has 0 spiro atoms. The van der Waals surface area contributed by atoms with E-state index in [0.717, 1.165) is 19.2 Å². The van der Waals surface area contributed by atoms with Gasteiger partial charge in [-0.1, -0.05) is 19.1 Å². The Morgan fingerprint density at radius 2 is 2.14 bits per heavy atom. The third kappa shape index (κ3) is 4.22. The fraction of sp³-hybridized carbons (Fsp3) is 0.625. The summed E-state index contributed by atoms with van der Waals surface area (Å²) in [6.45, 7) is 9.66. The monoisotopic (exact) mass is 298 g/mol. The second-order valence-electron chi connectivity index (χ2n) is 6.10. The molecule has 2 rings (SSSR count). The van der Waals surface area contributed by atoms with Crippen LogP contribution in [-0.2, 0) is 4.74 Å². The van der Waals surface area contributed by atoms with E-state index in [-0.39, 0.29) is 11.6 Å². The largest absolute Gasteiger partial charge is 0.373 e. The van der Waals surface area contributed by atoms with E-state index in [4.69, 9.17) is 4.74 Å². The molecule has 21 heavy (non-hydrogen) atoms. The minimum absolute atomic E-state index is 0.199. The van der Waals surface area contributed by atoms with Gasteiger partial charge in [-0.3, -0.25) is 4.90 Å². The van der Waals surface area contributed by atoms with Crippen molar-refractivity contribution >= 4 is 0 Å². The number of halogens is 2. The number of ether oxygens (including phenoxy) is 1. The van der Waals surface area contributed by atoms with E-state index >= 15 is 0 Å². The van der Waals surface area contributed by atoms with E-state index in [2.05, 4.69) is 10.2 Å². The summed E-state index contributed by atoms with van der Waals surface area (Å²) in [5.41, 5.74) is 0.191. The van der Waals surface area contributed by atoms with Crippen LogP contribution in [0.25, 0.3) is 0 Å². The molecule has 1 heterocycles. The summed E-state index contributed by atoms with van der Waals surface area (Å²) in [5, 5.41) is 3.25. The SMILES string of the molecule is CCNC(CN1CCOC(C)(C)C1)c1cccc(F)c1F. The van der Waals surface area contributed by atoms with Crippen molar-refractivity contribution in [1.82, 2.24) is 10.2 Å². The highest BCUT2D eigenvalue weighted by Crippen LogP contribution is 2.23. The Labute approximate surface area is 125 Å². The van der Waals surface area contributed by atoms with Crippen molar-refractivity contribution < 1.29 is 13.5 Å². The number of morpholine rings is 1. The Bertz CT molecular complexity index is 479. The molecule has 1 aromatic carbocycles. The average Bonchev–Trinajstić information content (AvgIpc) is 2.40. The molecule has 0 bridgehead atoms. The Balaban J connectivity index is 2.14. The zero-order valence-corrected chi connectivity index (χ0v) is 13.0. The molecule has 1 fully saturated rings. The maximum atomic E-state index is 14.0. The van der Waals surface area contributed by atoms with Gasteiger partial charge in [0.25, 0.3) is 0 Å². The topological polar surface area (TPSA) is 24.5 Å². The van der Waals surface area contributed by atoms with Crippen LogP contribution in [-0.4, -0.2) is 43.3 Å². The molecule has 0 radical (unpaired) electrons. The van der Waals surface area contributed by atoms with E-state index in [1.807, 2.05) is 20.8 Å². The van der Waals surface area contributed by atoms with Crippen LogP contribution < -0.4 is 5.32 Å². The number of rotatable bonds is 5. The van der Waals surface area contributed by atoms with Gasteiger partial charge in [0.15, 0.2) is 11.6 Å². The molecule has 0 amide bonds. The van der Waals surface area contributed by atoms with Gasteiger partial charge < -0.3 is 10.1 Å². The highest BCUT2D eigenvalue weighted by atomic mass is 19.2. The average molecular weight is 298 g/mol. The van der Waals surface area contributed by atoms with Crippen LogP contribution in [0.2, 0.25) is 0 Å². The van der Waals surface area contributed by atoms with Crippen molar-refractivity contribution in [1.29, 1.82) is 0 Å². The minimum Gasteiger partial charge on any atom is -0.373 e. The Morgan fingerprint density at radius 1 is 1.38 bits per heavy atom. The van der Waals surface area contributed by atoms with Gasteiger partial charge in [0.1, 0.15) is 0 Å². The minimum atomic E-state index is -0.794. The van der Waals surface area contributed by atoms with Gasteiger partial charge in [-0.15, -0.1) is 0 Å². The number of hydrogen-bond donors (Lipinski definition) is 1. The fourth-order valence-corrected chi connectivity index (χ4v) is 2.84. The van der Waals surface area contributed by atoms with E-state index in [1.54, 1.807) is 12.1 Å². The molecule has 0 saturated carbocycles. The number of nitrogens with one attached hydrogen (secondary N) is 1. The van der Waals surface area contributed by atoms with Crippen LogP contribution in [0.1, 0.15) is 32.4 Å². The van der Waals surface area contributed by atoms with E-state index in [9.17, 15) is 8.78 Å². The predicted molar refractivity (Wildman–Crippen MR) is 79.2 cm³/mol. The van der Waals surface area contributed by atoms with Crippen LogP contribution in [0.4, 0.5) is 8.78 Å². The lowest BCUT2D eigenvalue weighted by Crippen LogP contribution is -2.50. The summed E-state index contributed by atoms with van der Waals surface area (Å²) in [6, 6.07) is 4.14. The molecule has 3 nitrogen and oxygen atoms in total. The first-order valence-electron chi connectivity index (χ1n) is 7.46. The fourth-order valence-electron chi connectivity index (χ4n) is 2.84. The Morgan fingerprint density at radius 3 is 2.81 bits per heavy atom. The summed E-state index contributed by atoms with van der Waals surface area (Å²) >= 11 is 0. The number of likely N-dealkylation sites (N-methyl/N-ethyl adjacent to an activating group) is 1. The van der Waals surface area contributed by atoms with E-state index in [0.29, 0.717) is 25.3 Å². The predicted octanol–water partition coefficient (Wildman–Crippen LogP) is 2.73. The van der Waals surface area contributed by atoms with Crippen molar-refractivity contribution in [3.63, 3.8) is 0 Å². The molecule has 1 atom stereocenters. The van der Waals surface area contributed by atoms with Gasteiger partial charge in [0, 0.05) is 31.2 Å². The maximum absolute atomic E-state index is 14.0. The van der Waals surface area contributed by atoms with Crippen LogP contribution in [0.15, 0.2) is 18.2 Å². The quantitative estimate of drug-likeness (QED) is 0.904. The zero-order chi connectivity index (χ0) is 15.5. The summed E-state index contributed by atoms with van der Waals surface area (Å²) in [4.78, 5) is 2.24. The molecular weight excluding hydrogens is 274 g/mol. The lowest BCUT2D eigenvalue weighted by molar-refractivity contribution is -0.0877. The maximum Gasteiger partial charge on any atom is 0.163 e. The van der Waals surface area contributed by atoms with Crippen molar-refractivity contribution in [3.8, 4) is 0 Å².